The maximum Gasteiger partial charge on any atom is 0.254 e. The number of amides is 1. The largest absolute Gasteiger partial charge is 0.454 e. The van der Waals surface area contributed by atoms with Crippen molar-refractivity contribution in [1.29, 1.82) is 0 Å². The number of quaternary nitrogens is 1. The second-order valence-corrected chi connectivity index (χ2v) is 8.04. The fourth-order valence-electron chi connectivity index (χ4n) is 4.63. The third kappa shape index (κ3) is 3.65. The second-order valence-electron chi connectivity index (χ2n) is 8.04. The summed E-state index contributed by atoms with van der Waals surface area (Å²) in [5, 5.41) is 0. The van der Waals surface area contributed by atoms with Crippen molar-refractivity contribution in [3.8, 4) is 23.0 Å². The van der Waals surface area contributed by atoms with E-state index in [0.29, 0.717) is 29.6 Å². The number of hydrogen-bond acceptors (Lipinski definition) is 5. The van der Waals surface area contributed by atoms with Gasteiger partial charge in [-0.2, -0.15) is 0 Å². The van der Waals surface area contributed by atoms with Crippen LogP contribution in [0.4, 0.5) is 0 Å². The number of ether oxygens (including phenoxy) is 4. The molecule has 2 atom stereocenters. The summed E-state index contributed by atoms with van der Waals surface area (Å²) in [4.78, 5) is 17.1. The molecular weight excluding hydrogens is 384 g/mol. The lowest BCUT2D eigenvalue weighted by atomic mass is 10.1. The van der Waals surface area contributed by atoms with E-state index in [1.54, 1.807) is 11.0 Å². The van der Waals surface area contributed by atoms with Crippen LogP contribution >= 0.6 is 0 Å². The Hall–Kier alpha value is -2.93. The summed E-state index contributed by atoms with van der Waals surface area (Å²) in [7, 11) is 0. The van der Waals surface area contributed by atoms with E-state index in [1.807, 2.05) is 35.2 Å². The zero-order valence-corrected chi connectivity index (χ0v) is 17.2. The smallest absolute Gasteiger partial charge is 0.254 e. The number of carbonyl (C=O) groups excluding carboxylic acids is 1. The van der Waals surface area contributed by atoms with Gasteiger partial charge in [0.2, 0.25) is 13.6 Å². The summed E-state index contributed by atoms with van der Waals surface area (Å²) < 4.78 is 21.8. The minimum Gasteiger partial charge on any atom is -0.454 e. The predicted octanol–water partition coefficient (Wildman–Crippen LogP) is 1.85. The number of carbonyl (C=O) groups is 1. The molecule has 1 unspecified atom stereocenters. The maximum atomic E-state index is 13.5. The molecule has 3 aliphatic heterocycles. The van der Waals surface area contributed by atoms with E-state index in [0.717, 1.165) is 36.6 Å². The molecule has 0 aromatic heterocycles. The van der Waals surface area contributed by atoms with Crippen LogP contribution in [0.25, 0.3) is 0 Å². The van der Waals surface area contributed by atoms with Crippen molar-refractivity contribution in [3.63, 3.8) is 0 Å². The number of likely N-dealkylation sites (N-methyl/N-ethyl adjacent to an activating group) is 1. The number of benzene rings is 2. The molecule has 0 spiro atoms. The van der Waals surface area contributed by atoms with Crippen molar-refractivity contribution >= 4 is 5.91 Å². The third-order valence-corrected chi connectivity index (χ3v) is 6.24. The van der Waals surface area contributed by atoms with Crippen molar-refractivity contribution in [3.05, 3.63) is 47.5 Å². The van der Waals surface area contributed by atoms with Gasteiger partial charge < -0.3 is 28.7 Å². The van der Waals surface area contributed by atoms with Crippen LogP contribution in [0.5, 0.6) is 23.0 Å². The number of rotatable bonds is 6. The van der Waals surface area contributed by atoms with E-state index in [-0.39, 0.29) is 19.5 Å². The number of likely N-dealkylation sites (tertiary alicyclic amines) is 1. The lowest BCUT2D eigenvalue weighted by molar-refractivity contribution is -0.909. The zero-order chi connectivity index (χ0) is 20.5. The Morgan fingerprint density at radius 1 is 1.00 bits per heavy atom. The van der Waals surface area contributed by atoms with Crippen molar-refractivity contribution in [2.75, 3.05) is 33.2 Å². The van der Waals surface area contributed by atoms with Gasteiger partial charge in [-0.15, -0.1) is 0 Å². The summed E-state index contributed by atoms with van der Waals surface area (Å²) in [5.74, 6) is 2.82. The summed E-state index contributed by atoms with van der Waals surface area (Å²) in [5.41, 5.74) is 1.65. The van der Waals surface area contributed by atoms with Crippen LogP contribution in [0.3, 0.4) is 0 Å². The minimum atomic E-state index is 0.00770. The van der Waals surface area contributed by atoms with Crippen molar-refractivity contribution in [1.82, 2.24) is 4.90 Å². The average Bonchev–Trinajstić information content (AvgIpc) is 3.51. The predicted molar refractivity (Wildman–Crippen MR) is 109 cm³/mol. The normalized spacial score (nSPS) is 21.1. The Labute approximate surface area is 176 Å². The van der Waals surface area contributed by atoms with Gasteiger partial charge in [0.25, 0.3) is 5.91 Å². The number of nitrogens with one attached hydrogen (secondary N) is 1. The van der Waals surface area contributed by atoms with Gasteiger partial charge in [-0.25, -0.2) is 0 Å². The molecule has 2 aromatic carbocycles. The van der Waals surface area contributed by atoms with Gasteiger partial charge in [0.1, 0.15) is 6.04 Å². The molecule has 7 nitrogen and oxygen atoms in total. The molecule has 1 N–H and O–H groups in total. The number of hydrogen-bond donors (Lipinski definition) is 1. The molecule has 30 heavy (non-hydrogen) atoms. The molecule has 1 fully saturated rings. The molecule has 2 aromatic rings. The summed E-state index contributed by atoms with van der Waals surface area (Å²) in [6.07, 6.45) is 2.36. The molecule has 1 saturated heterocycles. The summed E-state index contributed by atoms with van der Waals surface area (Å²) >= 11 is 0. The van der Waals surface area contributed by atoms with Crippen LogP contribution in [0.2, 0.25) is 0 Å². The zero-order valence-electron chi connectivity index (χ0n) is 17.2. The van der Waals surface area contributed by atoms with Crippen molar-refractivity contribution in [2.24, 2.45) is 0 Å². The van der Waals surface area contributed by atoms with Gasteiger partial charge in [-0.1, -0.05) is 6.07 Å². The van der Waals surface area contributed by atoms with Crippen LogP contribution in [0.1, 0.15) is 35.7 Å². The third-order valence-electron chi connectivity index (χ3n) is 6.24. The highest BCUT2D eigenvalue weighted by Gasteiger charge is 2.31. The maximum absolute atomic E-state index is 13.5. The van der Waals surface area contributed by atoms with Crippen LogP contribution in [0, 0.1) is 0 Å². The van der Waals surface area contributed by atoms with E-state index in [1.165, 1.54) is 13.0 Å². The van der Waals surface area contributed by atoms with E-state index in [2.05, 4.69) is 6.92 Å². The van der Waals surface area contributed by atoms with Gasteiger partial charge in [0.15, 0.2) is 23.0 Å². The van der Waals surface area contributed by atoms with E-state index < -0.39 is 0 Å². The molecule has 1 amide bonds. The van der Waals surface area contributed by atoms with E-state index in [9.17, 15) is 4.79 Å². The average molecular weight is 411 g/mol. The quantitative estimate of drug-likeness (QED) is 0.786. The van der Waals surface area contributed by atoms with Gasteiger partial charge in [0.05, 0.1) is 19.6 Å². The highest BCUT2D eigenvalue weighted by Crippen LogP contribution is 2.34. The van der Waals surface area contributed by atoms with Gasteiger partial charge in [0, 0.05) is 24.9 Å². The molecular formula is C23H27N2O5+. The lowest BCUT2D eigenvalue weighted by Crippen LogP contribution is -3.14. The number of fused-ring (bicyclic) bond motifs is 2. The molecule has 3 heterocycles. The molecule has 0 bridgehead atoms. The monoisotopic (exact) mass is 411 g/mol. The van der Waals surface area contributed by atoms with Gasteiger partial charge >= 0.3 is 0 Å². The summed E-state index contributed by atoms with van der Waals surface area (Å²) in [6.45, 7) is 6.18. The van der Waals surface area contributed by atoms with Crippen LogP contribution in [0.15, 0.2) is 36.4 Å². The SMILES string of the molecule is CC[NH+]1CCC[C@H]1CN(Cc1ccc2c(c1)OCO2)C(=O)c1ccc2c(c1)OCO2. The minimum absolute atomic E-state index is 0.00770. The first-order chi connectivity index (χ1) is 14.7. The Morgan fingerprint density at radius 2 is 1.70 bits per heavy atom. The van der Waals surface area contributed by atoms with Gasteiger partial charge in [-0.3, -0.25) is 4.79 Å². The second kappa shape index (κ2) is 8.07. The first-order valence-corrected chi connectivity index (χ1v) is 10.6. The Kier molecular flexibility index (Phi) is 5.12. The first kappa shape index (κ1) is 19.1. The molecule has 3 aliphatic rings. The van der Waals surface area contributed by atoms with E-state index >= 15 is 0 Å². The van der Waals surface area contributed by atoms with Crippen LogP contribution in [-0.4, -0.2) is 50.1 Å². The highest BCUT2D eigenvalue weighted by molar-refractivity contribution is 5.95. The topological polar surface area (TPSA) is 61.7 Å². The standard InChI is InChI=1S/C23H26N2O5/c1-2-24-9-3-4-18(24)13-25(12-16-5-7-19-21(10-16)29-14-27-19)23(26)17-6-8-20-22(11-17)30-15-28-20/h5-8,10-11,18H,2-4,9,12-15H2,1H3/p+1/t18-/m0/s1. The molecule has 158 valence electrons. The molecule has 5 rings (SSSR count). The van der Waals surface area contributed by atoms with Crippen LogP contribution in [-0.2, 0) is 6.54 Å². The highest BCUT2D eigenvalue weighted by atomic mass is 16.7. The molecule has 0 aliphatic carbocycles. The van der Waals surface area contributed by atoms with Crippen LogP contribution < -0.4 is 23.8 Å². The summed E-state index contributed by atoms with van der Waals surface area (Å²) in [6, 6.07) is 11.8. The van der Waals surface area contributed by atoms with Crippen molar-refractivity contribution in [2.45, 2.75) is 32.4 Å². The molecule has 0 radical (unpaired) electrons. The molecule has 7 heteroatoms. The Bertz CT molecular complexity index is 947. The lowest BCUT2D eigenvalue weighted by Gasteiger charge is -2.28. The van der Waals surface area contributed by atoms with Crippen molar-refractivity contribution < 1.29 is 28.6 Å². The Balaban J connectivity index is 1.40. The first-order valence-electron chi connectivity index (χ1n) is 10.6. The number of nitrogens with zero attached hydrogens (tertiary/aromatic N) is 1. The fourth-order valence-corrected chi connectivity index (χ4v) is 4.63. The molecule has 0 saturated carbocycles. The van der Waals surface area contributed by atoms with E-state index in [4.69, 9.17) is 18.9 Å². The van der Waals surface area contributed by atoms with Gasteiger partial charge in [-0.05, 0) is 42.8 Å². The Morgan fingerprint density at radius 3 is 2.47 bits per heavy atom. The fraction of sp³-hybridized carbons (Fsp3) is 0.435.